The van der Waals surface area contributed by atoms with Crippen molar-refractivity contribution in [2.75, 3.05) is 4.72 Å². The number of hydrogen-bond donors (Lipinski definition) is 2. The zero-order chi connectivity index (χ0) is 15.6. The van der Waals surface area contributed by atoms with Gasteiger partial charge in [-0.3, -0.25) is 4.72 Å². The van der Waals surface area contributed by atoms with E-state index in [0.29, 0.717) is 10.6 Å². The van der Waals surface area contributed by atoms with Crippen LogP contribution in [0.1, 0.15) is 5.56 Å². The van der Waals surface area contributed by atoms with Crippen molar-refractivity contribution < 1.29 is 12.8 Å². The summed E-state index contributed by atoms with van der Waals surface area (Å²) in [5.41, 5.74) is 5.77. The quantitative estimate of drug-likeness (QED) is 0.889. The lowest BCUT2D eigenvalue weighted by atomic mass is 10.2. The smallest absolute Gasteiger partial charge is 0.261 e. The van der Waals surface area contributed by atoms with Crippen LogP contribution in [0.4, 0.5) is 10.1 Å². The molecule has 2 aromatic carbocycles. The summed E-state index contributed by atoms with van der Waals surface area (Å²) in [5.74, 6) is -0.765. The summed E-state index contributed by atoms with van der Waals surface area (Å²) in [4.78, 5) is -0.0540. The van der Waals surface area contributed by atoms with Gasteiger partial charge in [0.15, 0.2) is 0 Å². The third-order valence-corrected chi connectivity index (χ3v) is 4.69. The zero-order valence-electron chi connectivity index (χ0n) is 10.6. The Hall–Kier alpha value is -1.34. The van der Waals surface area contributed by atoms with Gasteiger partial charge in [-0.25, -0.2) is 12.8 Å². The number of sulfonamides is 1. The van der Waals surface area contributed by atoms with Gasteiger partial charge in [-0.2, -0.15) is 0 Å². The normalized spacial score (nSPS) is 11.4. The highest BCUT2D eigenvalue weighted by Gasteiger charge is 2.17. The SMILES string of the molecule is NCc1cc(S(=O)(=O)Nc2ccc(Cl)cc2F)ccc1Cl. The number of anilines is 1. The largest absolute Gasteiger partial charge is 0.326 e. The summed E-state index contributed by atoms with van der Waals surface area (Å²) in [7, 11) is -3.95. The van der Waals surface area contributed by atoms with E-state index in [4.69, 9.17) is 28.9 Å². The summed E-state index contributed by atoms with van der Waals surface area (Å²) < 4.78 is 40.3. The first kappa shape index (κ1) is 16.0. The molecule has 2 rings (SSSR count). The van der Waals surface area contributed by atoms with Crippen LogP contribution in [0.2, 0.25) is 10.0 Å². The third kappa shape index (κ3) is 3.65. The van der Waals surface area contributed by atoms with Gasteiger partial charge in [0.25, 0.3) is 10.0 Å². The van der Waals surface area contributed by atoms with Gasteiger partial charge in [0, 0.05) is 16.6 Å². The fourth-order valence-electron chi connectivity index (χ4n) is 1.65. The number of nitrogens with one attached hydrogen (secondary N) is 1. The Morgan fingerprint density at radius 3 is 2.48 bits per heavy atom. The van der Waals surface area contributed by atoms with Crippen LogP contribution in [0.5, 0.6) is 0 Å². The maximum atomic E-state index is 13.7. The number of hydrogen-bond acceptors (Lipinski definition) is 3. The number of nitrogens with two attached hydrogens (primary N) is 1. The van der Waals surface area contributed by atoms with Crippen molar-refractivity contribution >= 4 is 38.9 Å². The molecule has 0 aromatic heterocycles. The monoisotopic (exact) mass is 348 g/mol. The van der Waals surface area contributed by atoms with Gasteiger partial charge in [-0.15, -0.1) is 0 Å². The minimum Gasteiger partial charge on any atom is -0.326 e. The summed E-state index contributed by atoms with van der Waals surface area (Å²) in [6, 6.07) is 7.74. The molecule has 0 aliphatic rings. The molecule has 0 amide bonds. The van der Waals surface area contributed by atoms with Gasteiger partial charge in [0.2, 0.25) is 0 Å². The maximum absolute atomic E-state index is 13.7. The number of rotatable bonds is 4. The third-order valence-electron chi connectivity index (χ3n) is 2.72. The Bertz CT molecular complexity index is 782. The second-order valence-corrected chi connectivity index (χ2v) is 6.71. The topological polar surface area (TPSA) is 72.2 Å². The first-order chi connectivity index (χ1) is 9.83. The average molecular weight is 349 g/mol. The van der Waals surface area contributed by atoms with Crippen molar-refractivity contribution in [3.63, 3.8) is 0 Å². The van der Waals surface area contributed by atoms with Gasteiger partial charge < -0.3 is 5.73 Å². The predicted octanol–water partition coefficient (Wildman–Crippen LogP) is 3.39. The van der Waals surface area contributed by atoms with Crippen LogP contribution >= 0.6 is 23.2 Å². The van der Waals surface area contributed by atoms with E-state index in [-0.39, 0.29) is 22.2 Å². The van der Waals surface area contributed by atoms with Crippen molar-refractivity contribution in [2.45, 2.75) is 11.4 Å². The lowest BCUT2D eigenvalue weighted by Gasteiger charge is -2.10. The van der Waals surface area contributed by atoms with Crippen molar-refractivity contribution in [2.24, 2.45) is 5.73 Å². The second-order valence-electron chi connectivity index (χ2n) is 4.19. The van der Waals surface area contributed by atoms with Crippen molar-refractivity contribution in [3.05, 3.63) is 57.8 Å². The van der Waals surface area contributed by atoms with Crippen molar-refractivity contribution in [3.8, 4) is 0 Å². The molecule has 3 N–H and O–H groups in total. The average Bonchev–Trinajstić information content (AvgIpc) is 2.42. The molecular formula is C13H11Cl2FN2O2S. The van der Waals surface area contributed by atoms with Gasteiger partial charge >= 0.3 is 0 Å². The van der Waals surface area contributed by atoms with Crippen LogP contribution < -0.4 is 10.5 Å². The Balaban J connectivity index is 2.38. The van der Waals surface area contributed by atoms with E-state index in [1.165, 1.54) is 30.3 Å². The predicted molar refractivity (Wildman–Crippen MR) is 81.6 cm³/mol. The van der Waals surface area contributed by atoms with Gasteiger partial charge in [-0.05, 0) is 42.0 Å². The molecule has 8 heteroatoms. The van der Waals surface area contributed by atoms with E-state index in [2.05, 4.69) is 4.72 Å². The fraction of sp³-hybridized carbons (Fsp3) is 0.0769. The molecule has 2 aromatic rings. The highest BCUT2D eigenvalue weighted by atomic mass is 35.5. The molecule has 0 unspecified atom stereocenters. The van der Waals surface area contributed by atoms with Crippen LogP contribution in [0.3, 0.4) is 0 Å². The lowest BCUT2D eigenvalue weighted by Crippen LogP contribution is -2.14. The van der Waals surface area contributed by atoms with E-state index < -0.39 is 15.8 Å². The van der Waals surface area contributed by atoms with E-state index in [1.54, 1.807) is 0 Å². The molecule has 112 valence electrons. The summed E-state index contributed by atoms with van der Waals surface area (Å²) in [6.07, 6.45) is 0. The molecule has 21 heavy (non-hydrogen) atoms. The zero-order valence-corrected chi connectivity index (χ0v) is 12.9. The summed E-state index contributed by atoms with van der Waals surface area (Å²) in [5, 5.41) is 0.543. The summed E-state index contributed by atoms with van der Waals surface area (Å²) in [6.45, 7) is 0.0947. The molecule has 0 spiro atoms. The molecular weight excluding hydrogens is 338 g/mol. The Labute approximate surface area is 131 Å². The molecule has 0 saturated carbocycles. The molecule has 4 nitrogen and oxygen atoms in total. The fourth-order valence-corrected chi connectivity index (χ4v) is 3.12. The molecule has 0 atom stereocenters. The molecule has 0 fully saturated rings. The van der Waals surface area contributed by atoms with Crippen LogP contribution in [0, 0.1) is 5.82 Å². The maximum Gasteiger partial charge on any atom is 0.261 e. The molecule has 0 bridgehead atoms. The van der Waals surface area contributed by atoms with Gasteiger partial charge in [0.05, 0.1) is 10.6 Å². The van der Waals surface area contributed by atoms with Crippen LogP contribution in [0.25, 0.3) is 0 Å². The number of halogens is 3. The Morgan fingerprint density at radius 1 is 1.14 bits per heavy atom. The molecule has 0 aliphatic heterocycles. The van der Waals surface area contributed by atoms with E-state index >= 15 is 0 Å². The van der Waals surface area contributed by atoms with E-state index in [9.17, 15) is 12.8 Å². The van der Waals surface area contributed by atoms with Crippen LogP contribution in [0.15, 0.2) is 41.3 Å². The highest BCUT2D eigenvalue weighted by Crippen LogP contribution is 2.24. The van der Waals surface area contributed by atoms with Gasteiger partial charge in [-0.1, -0.05) is 23.2 Å². The highest BCUT2D eigenvalue weighted by molar-refractivity contribution is 7.92. The minimum absolute atomic E-state index is 0.0540. The van der Waals surface area contributed by atoms with Crippen LogP contribution in [-0.4, -0.2) is 8.42 Å². The van der Waals surface area contributed by atoms with Crippen molar-refractivity contribution in [1.29, 1.82) is 0 Å². The standard InChI is InChI=1S/C13H11Cl2FN2O2S/c14-9-1-4-13(12(16)6-9)18-21(19,20)10-2-3-11(15)8(5-10)7-17/h1-6,18H,7,17H2. The first-order valence-electron chi connectivity index (χ1n) is 5.80. The Kier molecular flexibility index (Phi) is 4.73. The van der Waals surface area contributed by atoms with Gasteiger partial charge in [0.1, 0.15) is 5.82 Å². The van der Waals surface area contributed by atoms with E-state index in [1.807, 2.05) is 0 Å². The van der Waals surface area contributed by atoms with Crippen molar-refractivity contribution in [1.82, 2.24) is 0 Å². The minimum atomic E-state index is -3.95. The first-order valence-corrected chi connectivity index (χ1v) is 8.04. The van der Waals surface area contributed by atoms with Crippen LogP contribution in [-0.2, 0) is 16.6 Å². The molecule has 0 heterocycles. The molecule has 0 saturated heterocycles. The molecule has 0 radical (unpaired) electrons. The molecule has 0 aliphatic carbocycles. The second kappa shape index (κ2) is 6.19. The lowest BCUT2D eigenvalue weighted by molar-refractivity contribution is 0.598. The Morgan fingerprint density at radius 2 is 1.86 bits per heavy atom. The number of benzene rings is 2. The summed E-state index contributed by atoms with van der Waals surface area (Å²) >= 11 is 11.5. The van der Waals surface area contributed by atoms with E-state index in [0.717, 1.165) is 6.07 Å².